The normalized spacial score (nSPS) is 11.9. The Labute approximate surface area is 131 Å². The molecule has 124 valence electrons. The van der Waals surface area contributed by atoms with Gasteiger partial charge in [0.2, 0.25) is 11.8 Å². The van der Waals surface area contributed by atoms with Crippen LogP contribution in [0.3, 0.4) is 0 Å². The summed E-state index contributed by atoms with van der Waals surface area (Å²) in [6.07, 6.45) is 0.246. The zero-order valence-corrected chi connectivity index (χ0v) is 12.3. The van der Waals surface area contributed by atoms with Gasteiger partial charge in [-0.1, -0.05) is 0 Å². The maximum atomic E-state index is 10.1. The first-order valence-corrected chi connectivity index (χ1v) is 5.61. The van der Waals surface area contributed by atoms with Crippen LogP contribution >= 0.6 is 0 Å². The average molecular weight is 348 g/mol. The summed E-state index contributed by atoms with van der Waals surface area (Å²) in [5.41, 5.74) is 19.6. The fourth-order valence-electron chi connectivity index (χ4n) is 0.842. The maximum absolute atomic E-state index is 10.1. The monoisotopic (exact) mass is 348 g/mol. The minimum absolute atomic E-state index is 0. The van der Waals surface area contributed by atoms with E-state index in [1.165, 1.54) is 0 Å². The molecule has 0 fully saturated rings. The number of primary amides is 2. The molecule has 0 aliphatic heterocycles. The fourth-order valence-corrected chi connectivity index (χ4v) is 0.842. The molecule has 0 rings (SSSR count). The third-order valence-corrected chi connectivity index (χ3v) is 2.04. The molecule has 0 saturated carbocycles. The molecule has 0 aromatic rings. The molecule has 2 atom stereocenters. The van der Waals surface area contributed by atoms with Crippen LogP contribution in [0.25, 0.3) is 0 Å². The van der Waals surface area contributed by atoms with E-state index in [0.717, 1.165) is 0 Å². The number of amides is 2. The van der Waals surface area contributed by atoms with Gasteiger partial charge in [0.1, 0.15) is 12.1 Å². The first-order chi connectivity index (χ1) is 9.07. The van der Waals surface area contributed by atoms with Crippen LogP contribution in [0.4, 0.5) is 0 Å². The molecule has 0 aliphatic carbocycles. The summed E-state index contributed by atoms with van der Waals surface area (Å²) in [5.74, 6) is -3.28. The van der Waals surface area contributed by atoms with Gasteiger partial charge in [0.05, 0.1) is 0 Å². The van der Waals surface area contributed by atoms with E-state index in [9.17, 15) is 19.2 Å². The Hall–Kier alpha value is -1.68. The van der Waals surface area contributed by atoms with Crippen molar-refractivity contribution in [1.29, 1.82) is 0 Å². The van der Waals surface area contributed by atoms with Gasteiger partial charge in [0.15, 0.2) is 0 Å². The van der Waals surface area contributed by atoms with Gasteiger partial charge in [0, 0.05) is 29.9 Å². The van der Waals surface area contributed by atoms with E-state index >= 15 is 0 Å². The molecule has 0 unspecified atom stereocenters. The van der Waals surface area contributed by atoms with Crippen molar-refractivity contribution < 1.29 is 46.5 Å². The molecule has 0 aromatic carbocycles. The average Bonchev–Trinajstić information content (AvgIpc) is 2.33. The van der Waals surface area contributed by atoms with Crippen LogP contribution in [0, 0.1) is 0 Å². The second kappa shape index (κ2) is 13.3. The molecular formula is C10H20FeN4O6. The first kappa shape index (κ1) is 24.3. The molecule has 0 spiro atoms. The predicted octanol–water partition coefficient (Wildman–Crippen LogP) is -2.67. The van der Waals surface area contributed by atoms with Gasteiger partial charge in [-0.05, 0) is 12.8 Å². The van der Waals surface area contributed by atoms with Gasteiger partial charge in [-0.2, -0.15) is 0 Å². The molecule has 10 N–H and O–H groups in total. The first-order valence-electron chi connectivity index (χ1n) is 5.61. The number of hydrogen-bond acceptors (Lipinski definition) is 6. The Bertz CT molecular complexity index is 331. The van der Waals surface area contributed by atoms with Crippen LogP contribution in [0.15, 0.2) is 0 Å². The topological polar surface area (TPSA) is 213 Å². The zero-order chi connectivity index (χ0) is 16.3. The Balaban J connectivity index is -0.000000295. The number of hydrogen-bond donors (Lipinski definition) is 6. The van der Waals surface area contributed by atoms with Crippen molar-refractivity contribution in [3.63, 3.8) is 0 Å². The van der Waals surface area contributed by atoms with E-state index in [4.69, 9.17) is 33.1 Å². The number of aliphatic carboxylic acids is 2. The number of carbonyl (C=O) groups is 4. The van der Waals surface area contributed by atoms with Gasteiger partial charge < -0.3 is 33.1 Å². The van der Waals surface area contributed by atoms with Crippen molar-refractivity contribution in [2.45, 2.75) is 37.8 Å². The summed E-state index contributed by atoms with van der Waals surface area (Å²) in [7, 11) is 0. The van der Waals surface area contributed by atoms with Crippen molar-refractivity contribution in [1.82, 2.24) is 0 Å². The second-order valence-electron chi connectivity index (χ2n) is 3.90. The van der Waals surface area contributed by atoms with Crippen LogP contribution in [0.5, 0.6) is 0 Å². The minimum atomic E-state index is -1.11. The number of carboxylic acid groups (broad SMARTS) is 2. The van der Waals surface area contributed by atoms with Crippen molar-refractivity contribution in [2.75, 3.05) is 0 Å². The molecule has 0 bridgehead atoms. The Morgan fingerprint density at radius 2 is 1.00 bits per heavy atom. The molecule has 0 saturated heterocycles. The number of rotatable bonds is 8. The number of carboxylic acids is 2. The third kappa shape index (κ3) is 18.3. The summed E-state index contributed by atoms with van der Waals surface area (Å²) >= 11 is 0. The van der Waals surface area contributed by atoms with E-state index in [1.54, 1.807) is 0 Å². The van der Waals surface area contributed by atoms with E-state index in [2.05, 4.69) is 0 Å². The van der Waals surface area contributed by atoms with Crippen LogP contribution in [0.1, 0.15) is 25.7 Å². The van der Waals surface area contributed by atoms with Gasteiger partial charge in [-0.3, -0.25) is 19.2 Å². The van der Waals surface area contributed by atoms with E-state index in [1.807, 2.05) is 0 Å². The maximum Gasteiger partial charge on any atom is 0.320 e. The standard InChI is InChI=1S/2C5H10N2O3.Fe/c2*6-3(5(9)10)1-2-4(7)8;/h2*3H,1-2,6H2,(H2,7,8)(H,9,10);/t2*3-;/m00./s1. The van der Waals surface area contributed by atoms with Crippen LogP contribution in [0.2, 0.25) is 0 Å². The summed E-state index contributed by atoms with van der Waals surface area (Å²) in [6.45, 7) is 0. The minimum Gasteiger partial charge on any atom is -0.480 e. The van der Waals surface area contributed by atoms with Gasteiger partial charge in [0.25, 0.3) is 0 Å². The molecular weight excluding hydrogens is 328 g/mol. The Kier molecular flexibility index (Phi) is 15.4. The molecule has 11 heteroatoms. The Morgan fingerprint density at radius 3 is 1.14 bits per heavy atom. The SMILES string of the molecule is NC(=O)CC[C@H](N)C(=O)O.NC(=O)CC[C@H](N)C(=O)O.[Fe]. The van der Waals surface area contributed by atoms with Gasteiger partial charge in [-0.25, -0.2) is 0 Å². The van der Waals surface area contributed by atoms with Gasteiger partial charge >= 0.3 is 11.9 Å². The second-order valence-corrected chi connectivity index (χ2v) is 3.90. The molecule has 0 aromatic heterocycles. The molecule has 2 amide bonds. The fraction of sp³-hybridized carbons (Fsp3) is 0.600. The summed E-state index contributed by atoms with van der Waals surface area (Å²) in [5, 5.41) is 16.4. The van der Waals surface area contributed by atoms with Crippen LogP contribution in [-0.4, -0.2) is 46.0 Å². The van der Waals surface area contributed by atoms with Crippen molar-refractivity contribution in [3.05, 3.63) is 0 Å². The van der Waals surface area contributed by atoms with E-state index in [-0.39, 0.29) is 42.8 Å². The molecule has 0 radical (unpaired) electrons. The Morgan fingerprint density at radius 1 is 0.762 bits per heavy atom. The van der Waals surface area contributed by atoms with Crippen molar-refractivity contribution in [2.24, 2.45) is 22.9 Å². The quantitative estimate of drug-likeness (QED) is 0.254. The summed E-state index contributed by atoms with van der Waals surface area (Å²) in [6, 6.07) is -1.96. The van der Waals surface area contributed by atoms with E-state index < -0.39 is 35.8 Å². The van der Waals surface area contributed by atoms with Crippen LogP contribution in [-0.2, 0) is 36.2 Å². The van der Waals surface area contributed by atoms with Crippen LogP contribution < -0.4 is 22.9 Å². The smallest absolute Gasteiger partial charge is 0.320 e. The zero-order valence-electron chi connectivity index (χ0n) is 11.2. The molecule has 10 nitrogen and oxygen atoms in total. The number of nitrogens with two attached hydrogens (primary N) is 4. The van der Waals surface area contributed by atoms with Crippen molar-refractivity contribution >= 4 is 23.8 Å². The number of carbonyl (C=O) groups excluding carboxylic acids is 2. The predicted molar refractivity (Wildman–Crippen MR) is 68.1 cm³/mol. The molecule has 0 heterocycles. The van der Waals surface area contributed by atoms with Crippen molar-refractivity contribution in [3.8, 4) is 0 Å². The summed E-state index contributed by atoms with van der Waals surface area (Å²) < 4.78 is 0. The summed E-state index contributed by atoms with van der Waals surface area (Å²) in [4.78, 5) is 40.3. The van der Waals surface area contributed by atoms with Gasteiger partial charge in [-0.15, -0.1) is 0 Å². The largest absolute Gasteiger partial charge is 0.480 e. The third-order valence-electron chi connectivity index (χ3n) is 2.04. The van der Waals surface area contributed by atoms with E-state index in [0.29, 0.717) is 0 Å². The molecule has 0 aliphatic rings. The molecule has 21 heavy (non-hydrogen) atoms.